The quantitative estimate of drug-likeness (QED) is 0.944. The van der Waals surface area contributed by atoms with Crippen molar-refractivity contribution in [2.24, 2.45) is 5.92 Å². The van der Waals surface area contributed by atoms with Gasteiger partial charge in [0.1, 0.15) is 0 Å². The van der Waals surface area contributed by atoms with E-state index in [9.17, 15) is 5.11 Å². The van der Waals surface area contributed by atoms with E-state index in [0.717, 1.165) is 18.5 Å². The number of aryl methyl sites for hydroxylation is 1. The van der Waals surface area contributed by atoms with Crippen LogP contribution in [0.4, 0.5) is 0 Å². The minimum Gasteiger partial charge on any atom is -0.419 e. The van der Waals surface area contributed by atoms with E-state index < -0.39 is 0 Å². The lowest BCUT2D eigenvalue weighted by atomic mass is 9.95. The number of nitrogens with zero attached hydrogens (tertiary/aromatic N) is 3. The van der Waals surface area contributed by atoms with Crippen LogP contribution in [0.2, 0.25) is 0 Å². The first-order valence-corrected chi connectivity index (χ1v) is 7.87. The zero-order chi connectivity index (χ0) is 15.7. The van der Waals surface area contributed by atoms with Gasteiger partial charge in [-0.1, -0.05) is 24.6 Å². The first-order valence-electron chi connectivity index (χ1n) is 7.87. The molecule has 3 unspecified atom stereocenters. The fourth-order valence-electron chi connectivity index (χ4n) is 2.80. The Morgan fingerprint density at radius 3 is 2.68 bits per heavy atom. The van der Waals surface area contributed by atoms with Crippen LogP contribution < -0.4 is 0 Å². The van der Waals surface area contributed by atoms with E-state index in [4.69, 9.17) is 4.42 Å². The molecule has 22 heavy (non-hydrogen) atoms. The van der Waals surface area contributed by atoms with E-state index in [1.165, 1.54) is 5.56 Å². The smallest absolute Gasteiger partial charge is 0.247 e. The molecular formula is C17H23N3O2. The lowest BCUT2D eigenvalue weighted by Crippen LogP contribution is -2.43. The Balaban J connectivity index is 1.74. The Morgan fingerprint density at radius 2 is 2.00 bits per heavy atom. The second kappa shape index (κ2) is 6.18. The van der Waals surface area contributed by atoms with Crippen molar-refractivity contribution in [3.05, 3.63) is 35.7 Å². The molecule has 1 fully saturated rings. The summed E-state index contributed by atoms with van der Waals surface area (Å²) in [5, 5.41) is 18.4. The molecule has 1 N–H and O–H groups in total. The molecule has 118 valence electrons. The van der Waals surface area contributed by atoms with Crippen molar-refractivity contribution in [3.8, 4) is 11.5 Å². The molecule has 1 aromatic heterocycles. The minimum atomic E-state index is -0.282. The zero-order valence-electron chi connectivity index (χ0n) is 13.4. The summed E-state index contributed by atoms with van der Waals surface area (Å²) in [6.45, 7) is 7.80. The van der Waals surface area contributed by atoms with Gasteiger partial charge in [-0.05, 0) is 44.9 Å². The van der Waals surface area contributed by atoms with E-state index in [-0.39, 0.29) is 12.1 Å². The largest absolute Gasteiger partial charge is 0.419 e. The Labute approximate surface area is 131 Å². The molecule has 0 aliphatic carbocycles. The van der Waals surface area contributed by atoms with Crippen LogP contribution in [0.5, 0.6) is 0 Å². The molecule has 0 amide bonds. The Bertz CT molecular complexity index is 623. The van der Waals surface area contributed by atoms with Gasteiger partial charge in [-0.15, -0.1) is 10.2 Å². The van der Waals surface area contributed by atoms with Gasteiger partial charge >= 0.3 is 0 Å². The molecular weight excluding hydrogens is 278 g/mol. The molecule has 1 aliphatic heterocycles. The molecule has 0 bridgehead atoms. The second-order valence-electron chi connectivity index (χ2n) is 6.32. The first kappa shape index (κ1) is 15.2. The molecule has 2 heterocycles. The maximum absolute atomic E-state index is 10.0. The van der Waals surface area contributed by atoms with Crippen LogP contribution in [0.3, 0.4) is 0 Å². The van der Waals surface area contributed by atoms with Gasteiger partial charge in [0, 0.05) is 12.1 Å². The number of piperidine rings is 1. The van der Waals surface area contributed by atoms with Crippen LogP contribution in [-0.2, 0) is 0 Å². The van der Waals surface area contributed by atoms with Gasteiger partial charge in [0.15, 0.2) is 0 Å². The van der Waals surface area contributed by atoms with Gasteiger partial charge < -0.3 is 9.52 Å². The first-order chi connectivity index (χ1) is 10.5. The summed E-state index contributed by atoms with van der Waals surface area (Å²) < 4.78 is 5.84. The van der Waals surface area contributed by atoms with E-state index in [1.807, 2.05) is 31.2 Å². The fourth-order valence-corrected chi connectivity index (χ4v) is 2.80. The molecule has 1 aliphatic rings. The summed E-state index contributed by atoms with van der Waals surface area (Å²) in [4.78, 5) is 2.21. The predicted octanol–water partition coefficient (Wildman–Crippen LogP) is 2.81. The highest BCUT2D eigenvalue weighted by molar-refractivity contribution is 5.52. The van der Waals surface area contributed by atoms with E-state index in [1.54, 1.807) is 0 Å². The zero-order valence-corrected chi connectivity index (χ0v) is 13.4. The van der Waals surface area contributed by atoms with Crippen LogP contribution in [-0.4, -0.2) is 39.4 Å². The summed E-state index contributed by atoms with van der Waals surface area (Å²) in [5.41, 5.74) is 2.14. The number of β-amino-alcohol motifs (C(OH)–C–C–N with tert-alkyl or cyclic N) is 1. The van der Waals surface area contributed by atoms with Crippen molar-refractivity contribution in [1.29, 1.82) is 0 Å². The number of aliphatic hydroxyl groups excluding tert-OH is 1. The standard InChI is InChI=1S/C17H23N3O2/c1-11-4-6-14(7-5-11)17-19-18-16(22-17)13(3)20-9-8-12(2)15(21)10-20/h4-7,12-13,15,21H,8-10H2,1-3H3. The van der Waals surface area contributed by atoms with E-state index in [0.29, 0.717) is 24.2 Å². The monoisotopic (exact) mass is 301 g/mol. The maximum Gasteiger partial charge on any atom is 0.247 e. The third-order valence-corrected chi connectivity index (χ3v) is 4.59. The minimum absolute atomic E-state index is 0.0221. The van der Waals surface area contributed by atoms with Crippen LogP contribution in [0.25, 0.3) is 11.5 Å². The lowest BCUT2D eigenvalue weighted by molar-refractivity contribution is 0.00817. The third kappa shape index (κ3) is 3.05. The molecule has 0 spiro atoms. The maximum atomic E-state index is 10.0. The molecule has 0 radical (unpaired) electrons. The van der Waals surface area contributed by atoms with Gasteiger partial charge in [0.05, 0.1) is 12.1 Å². The molecule has 1 saturated heterocycles. The highest BCUT2D eigenvalue weighted by Gasteiger charge is 2.30. The van der Waals surface area contributed by atoms with Crippen LogP contribution in [0, 0.1) is 12.8 Å². The van der Waals surface area contributed by atoms with E-state index in [2.05, 4.69) is 28.9 Å². The summed E-state index contributed by atoms with van der Waals surface area (Å²) >= 11 is 0. The van der Waals surface area contributed by atoms with Crippen LogP contribution in [0.15, 0.2) is 28.7 Å². The number of hydrogen-bond acceptors (Lipinski definition) is 5. The van der Waals surface area contributed by atoms with Crippen LogP contribution in [0.1, 0.15) is 37.8 Å². The highest BCUT2D eigenvalue weighted by Crippen LogP contribution is 2.28. The number of likely N-dealkylation sites (tertiary alicyclic amines) is 1. The molecule has 3 rings (SSSR count). The van der Waals surface area contributed by atoms with Gasteiger partial charge in [-0.2, -0.15) is 0 Å². The number of aliphatic hydroxyl groups is 1. The van der Waals surface area contributed by atoms with Crippen molar-refractivity contribution in [2.45, 2.75) is 39.3 Å². The van der Waals surface area contributed by atoms with Crippen molar-refractivity contribution in [1.82, 2.24) is 15.1 Å². The third-order valence-electron chi connectivity index (χ3n) is 4.59. The molecule has 5 heteroatoms. The normalized spacial score (nSPS) is 24.4. The van der Waals surface area contributed by atoms with Crippen molar-refractivity contribution < 1.29 is 9.52 Å². The lowest BCUT2D eigenvalue weighted by Gasteiger charge is -2.36. The number of rotatable bonds is 3. The molecule has 5 nitrogen and oxygen atoms in total. The van der Waals surface area contributed by atoms with Crippen molar-refractivity contribution in [3.63, 3.8) is 0 Å². The summed E-state index contributed by atoms with van der Waals surface area (Å²) in [6, 6.07) is 8.07. The Morgan fingerprint density at radius 1 is 1.27 bits per heavy atom. The molecule has 1 aromatic carbocycles. The summed E-state index contributed by atoms with van der Waals surface area (Å²) in [5.74, 6) is 1.51. The summed E-state index contributed by atoms with van der Waals surface area (Å²) in [6.07, 6.45) is 0.709. The van der Waals surface area contributed by atoms with Gasteiger partial charge in [0.2, 0.25) is 11.8 Å². The average molecular weight is 301 g/mol. The fraction of sp³-hybridized carbons (Fsp3) is 0.529. The molecule has 0 saturated carbocycles. The van der Waals surface area contributed by atoms with E-state index >= 15 is 0 Å². The topological polar surface area (TPSA) is 62.4 Å². The predicted molar refractivity (Wildman–Crippen MR) is 84.2 cm³/mol. The second-order valence-corrected chi connectivity index (χ2v) is 6.32. The number of hydrogen-bond donors (Lipinski definition) is 1. The van der Waals surface area contributed by atoms with Crippen molar-refractivity contribution in [2.75, 3.05) is 13.1 Å². The van der Waals surface area contributed by atoms with Crippen molar-refractivity contribution >= 4 is 0 Å². The number of aromatic nitrogens is 2. The molecule has 3 atom stereocenters. The average Bonchev–Trinajstić information content (AvgIpc) is 3.00. The van der Waals surface area contributed by atoms with Gasteiger partial charge in [0.25, 0.3) is 0 Å². The highest BCUT2D eigenvalue weighted by atomic mass is 16.4. The Hall–Kier alpha value is -1.72. The van der Waals surface area contributed by atoms with Gasteiger partial charge in [-0.25, -0.2) is 0 Å². The van der Waals surface area contributed by atoms with Crippen LogP contribution >= 0.6 is 0 Å². The molecule has 2 aromatic rings. The summed E-state index contributed by atoms with van der Waals surface area (Å²) in [7, 11) is 0. The SMILES string of the molecule is Cc1ccc(-c2nnc(C(C)N3CCC(C)C(O)C3)o2)cc1. The van der Waals surface area contributed by atoms with Gasteiger partial charge in [-0.3, -0.25) is 4.90 Å². The Kier molecular flexibility index (Phi) is 4.27. The number of benzene rings is 1.